The molecular weight excluding hydrogens is 240 g/mol. The van der Waals surface area contributed by atoms with E-state index in [9.17, 15) is 0 Å². The standard InChI is InChI=1S/C20H24/c1-19(2)17-13-14-20(19,3)18(15-17)12-8-7-11-16-9-5-4-6-10-16/h4-12,15,17H,13-14H2,1-3H3/b11-7+,12-8-. The number of hydrogen-bond acceptors (Lipinski definition) is 0. The van der Waals surface area contributed by atoms with Gasteiger partial charge in [0.15, 0.2) is 0 Å². The van der Waals surface area contributed by atoms with Crippen LogP contribution in [-0.4, -0.2) is 0 Å². The van der Waals surface area contributed by atoms with E-state index in [1.807, 2.05) is 0 Å². The van der Waals surface area contributed by atoms with Crippen LogP contribution < -0.4 is 0 Å². The molecule has 2 aliphatic carbocycles. The molecule has 0 aromatic heterocycles. The molecule has 0 N–H and O–H groups in total. The third-order valence-electron chi connectivity index (χ3n) is 5.80. The highest BCUT2D eigenvalue weighted by atomic mass is 14.6. The summed E-state index contributed by atoms with van der Waals surface area (Å²) in [5, 5.41) is 0. The summed E-state index contributed by atoms with van der Waals surface area (Å²) >= 11 is 0. The van der Waals surface area contributed by atoms with Gasteiger partial charge in [-0.3, -0.25) is 0 Å². The zero-order chi connectivity index (χ0) is 14.2. The molecule has 1 saturated carbocycles. The van der Waals surface area contributed by atoms with Crippen LogP contribution in [0.5, 0.6) is 0 Å². The first-order chi connectivity index (χ1) is 9.54. The molecule has 0 aliphatic heterocycles. The molecule has 0 nitrogen and oxygen atoms in total. The Kier molecular flexibility index (Phi) is 3.20. The molecule has 1 aromatic rings. The van der Waals surface area contributed by atoms with Gasteiger partial charge in [0.1, 0.15) is 0 Å². The summed E-state index contributed by atoms with van der Waals surface area (Å²) in [5.41, 5.74) is 3.59. The van der Waals surface area contributed by atoms with Crippen LogP contribution in [0.1, 0.15) is 39.2 Å². The van der Waals surface area contributed by atoms with E-state index in [2.05, 4.69) is 81.5 Å². The topological polar surface area (TPSA) is 0 Å². The highest BCUT2D eigenvalue weighted by molar-refractivity contribution is 5.51. The lowest BCUT2D eigenvalue weighted by molar-refractivity contribution is 0.174. The van der Waals surface area contributed by atoms with Gasteiger partial charge in [-0.1, -0.05) is 81.5 Å². The van der Waals surface area contributed by atoms with Gasteiger partial charge in [-0.25, -0.2) is 0 Å². The summed E-state index contributed by atoms with van der Waals surface area (Å²) < 4.78 is 0. The van der Waals surface area contributed by atoms with Gasteiger partial charge in [0.25, 0.3) is 0 Å². The van der Waals surface area contributed by atoms with Crippen molar-refractivity contribution in [3.05, 3.63) is 65.8 Å². The van der Waals surface area contributed by atoms with E-state index in [1.54, 1.807) is 0 Å². The molecule has 0 heteroatoms. The van der Waals surface area contributed by atoms with Crippen LogP contribution >= 0.6 is 0 Å². The van der Waals surface area contributed by atoms with E-state index in [4.69, 9.17) is 0 Å². The Bertz CT molecular complexity index is 571. The summed E-state index contributed by atoms with van der Waals surface area (Å²) in [6, 6.07) is 10.5. The Hall–Kier alpha value is -1.56. The molecule has 0 spiro atoms. The quantitative estimate of drug-likeness (QED) is 0.620. The lowest BCUT2D eigenvalue weighted by Gasteiger charge is -2.36. The van der Waals surface area contributed by atoms with Crippen LogP contribution in [-0.2, 0) is 0 Å². The molecule has 2 atom stereocenters. The van der Waals surface area contributed by atoms with Gasteiger partial charge in [0.05, 0.1) is 0 Å². The van der Waals surface area contributed by atoms with E-state index >= 15 is 0 Å². The summed E-state index contributed by atoms with van der Waals surface area (Å²) in [7, 11) is 0. The highest BCUT2D eigenvalue weighted by Crippen LogP contribution is 2.65. The lowest BCUT2D eigenvalue weighted by atomic mass is 9.67. The van der Waals surface area contributed by atoms with Crippen LogP contribution in [0.25, 0.3) is 6.08 Å². The average Bonchev–Trinajstić information content (AvgIpc) is 2.78. The fourth-order valence-electron chi connectivity index (χ4n) is 3.87. The SMILES string of the molecule is CC12CCC(C=C1/C=C\C=C\c1ccccc1)C2(C)C. The molecule has 0 radical (unpaired) electrons. The van der Waals surface area contributed by atoms with Crippen LogP contribution in [0.15, 0.2) is 60.2 Å². The monoisotopic (exact) mass is 264 g/mol. The Morgan fingerprint density at radius 3 is 2.30 bits per heavy atom. The van der Waals surface area contributed by atoms with Gasteiger partial charge < -0.3 is 0 Å². The smallest absolute Gasteiger partial charge is 0.00214 e. The third-order valence-corrected chi connectivity index (χ3v) is 5.80. The number of fused-ring (bicyclic) bond motifs is 2. The number of rotatable bonds is 3. The van der Waals surface area contributed by atoms with E-state index in [-0.39, 0.29) is 0 Å². The maximum absolute atomic E-state index is 2.51. The largest absolute Gasteiger partial charge is 0.0771 e. The first-order valence-corrected chi connectivity index (χ1v) is 7.66. The van der Waals surface area contributed by atoms with Crippen LogP contribution in [0.3, 0.4) is 0 Å². The van der Waals surface area contributed by atoms with Gasteiger partial charge in [-0.05, 0) is 40.7 Å². The predicted octanol–water partition coefficient (Wildman–Crippen LogP) is 5.64. The predicted molar refractivity (Wildman–Crippen MR) is 87.3 cm³/mol. The minimum absolute atomic E-state index is 0.370. The fourth-order valence-corrected chi connectivity index (χ4v) is 3.87. The average molecular weight is 264 g/mol. The summed E-state index contributed by atoms with van der Waals surface area (Å²) in [6.45, 7) is 7.31. The highest BCUT2D eigenvalue weighted by Gasteiger charge is 2.56. The minimum Gasteiger partial charge on any atom is -0.0771 e. The van der Waals surface area contributed by atoms with Crippen LogP contribution in [0.4, 0.5) is 0 Å². The Morgan fingerprint density at radius 1 is 1.00 bits per heavy atom. The number of allylic oxidation sites excluding steroid dienone is 5. The second-order valence-corrected chi connectivity index (χ2v) is 6.95. The van der Waals surface area contributed by atoms with Crippen molar-refractivity contribution < 1.29 is 0 Å². The van der Waals surface area contributed by atoms with Gasteiger partial charge in [0.2, 0.25) is 0 Å². The fraction of sp³-hybridized carbons (Fsp3) is 0.400. The molecule has 0 saturated heterocycles. The summed E-state index contributed by atoms with van der Waals surface area (Å²) in [5.74, 6) is 0.769. The first kappa shape index (κ1) is 13.4. The second-order valence-electron chi connectivity index (χ2n) is 6.95. The van der Waals surface area contributed by atoms with Crippen molar-refractivity contribution in [3.8, 4) is 0 Å². The second kappa shape index (κ2) is 4.77. The van der Waals surface area contributed by atoms with Crippen molar-refractivity contribution in [2.45, 2.75) is 33.6 Å². The molecule has 2 aliphatic rings. The molecule has 2 unspecified atom stereocenters. The molecule has 2 bridgehead atoms. The Morgan fingerprint density at radius 2 is 1.70 bits per heavy atom. The maximum Gasteiger partial charge on any atom is -0.00214 e. The van der Waals surface area contributed by atoms with E-state index in [0.29, 0.717) is 10.8 Å². The summed E-state index contributed by atoms with van der Waals surface area (Å²) in [6.07, 6.45) is 14.0. The minimum atomic E-state index is 0.370. The zero-order valence-electron chi connectivity index (χ0n) is 12.8. The van der Waals surface area contributed by atoms with Gasteiger partial charge in [0, 0.05) is 0 Å². The molecule has 1 fully saturated rings. The van der Waals surface area contributed by atoms with Gasteiger partial charge in [-0.2, -0.15) is 0 Å². The maximum atomic E-state index is 2.51. The van der Waals surface area contributed by atoms with Crippen molar-refractivity contribution in [3.63, 3.8) is 0 Å². The molecule has 1 aromatic carbocycles. The van der Waals surface area contributed by atoms with E-state index in [0.717, 1.165) is 5.92 Å². The molecule has 20 heavy (non-hydrogen) atoms. The lowest BCUT2D eigenvalue weighted by Crippen LogP contribution is -2.29. The Balaban J connectivity index is 1.72. The molecule has 104 valence electrons. The molecular formula is C20H24. The van der Waals surface area contributed by atoms with Crippen LogP contribution in [0, 0.1) is 16.7 Å². The normalized spacial score (nSPS) is 31.4. The molecule has 0 amide bonds. The van der Waals surface area contributed by atoms with Crippen molar-refractivity contribution in [1.82, 2.24) is 0 Å². The Labute approximate surface area is 122 Å². The van der Waals surface area contributed by atoms with Gasteiger partial charge in [-0.15, -0.1) is 0 Å². The van der Waals surface area contributed by atoms with Crippen molar-refractivity contribution in [2.75, 3.05) is 0 Å². The third kappa shape index (κ3) is 1.98. The van der Waals surface area contributed by atoms with Gasteiger partial charge >= 0.3 is 0 Å². The number of benzene rings is 1. The van der Waals surface area contributed by atoms with E-state index in [1.165, 1.54) is 24.0 Å². The number of hydrogen-bond donors (Lipinski definition) is 0. The van der Waals surface area contributed by atoms with E-state index < -0.39 is 0 Å². The first-order valence-electron chi connectivity index (χ1n) is 7.66. The zero-order valence-corrected chi connectivity index (χ0v) is 12.8. The van der Waals surface area contributed by atoms with Crippen molar-refractivity contribution in [2.24, 2.45) is 16.7 Å². The van der Waals surface area contributed by atoms with Crippen LogP contribution in [0.2, 0.25) is 0 Å². The van der Waals surface area contributed by atoms with Crippen molar-refractivity contribution in [1.29, 1.82) is 0 Å². The molecule has 3 rings (SSSR count). The molecule has 0 heterocycles. The summed E-state index contributed by atoms with van der Waals surface area (Å²) in [4.78, 5) is 0. The van der Waals surface area contributed by atoms with Crippen molar-refractivity contribution >= 4 is 6.08 Å².